The summed E-state index contributed by atoms with van der Waals surface area (Å²) in [5, 5.41) is 3.33. The summed E-state index contributed by atoms with van der Waals surface area (Å²) in [6.07, 6.45) is 1.72. The number of para-hydroxylation sites is 1. The van der Waals surface area contributed by atoms with Gasteiger partial charge in [0.05, 0.1) is 5.56 Å². The van der Waals surface area contributed by atoms with Crippen molar-refractivity contribution in [1.82, 2.24) is 9.82 Å². The molecule has 0 unspecified atom stereocenters. The van der Waals surface area contributed by atoms with Crippen LogP contribution >= 0.6 is 23.1 Å². The van der Waals surface area contributed by atoms with Crippen molar-refractivity contribution >= 4 is 34.2 Å². The van der Waals surface area contributed by atoms with Crippen LogP contribution in [0.3, 0.4) is 0 Å². The third-order valence-electron chi connectivity index (χ3n) is 2.43. The normalized spacial score (nSPS) is 10.3. The molecule has 1 aromatic heterocycles. The smallest absolute Gasteiger partial charge is 0.261 e. The first-order valence-electron chi connectivity index (χ1n) is 6.00. The van der Waals surface area contributed by atoms with Gasteiger partial charge in [0.25, 0.3) is 5.91 Å². The van der Waals surface area contributed by atoms with Gasteiger partial charge in [-0.2, -0.15) is 0 Å². The minimum absolute atomic E-state index is 0.242. The molecule has 106 valence electrons. The molecule has 0 atom stereocenters. The van der Waals surface area contributed by atoms with E-state index in [1.54, 1.807) is 24.4 Å². The van der Waals surface area contributed by atoms with E-state index in [0.29, 0.717) is 29.6 Å². The number of hydrogen-bond donors (Lipinski definition) is 2. The van der Waals surface area contributed by atoms with Crippen molar-refractivity contribution in [1.29, 1.82) is 0 Å². The minimum atomic E-state index is -0.242. The third-order valence-corrected chi connectivity index (χ3v) is 3.44. The summed E-state index contributed by atoms with van der Waals surface area (Å²) < 4.78 is 5.52. The molecule has 0 aliphatic rings. The molecule has 2 aromatic rings. The number of amides is 1. The molecular weight excluding hydrogens is 298 g/mol. The van der Waals surface area contributed by atoms with Crippen molar-refractivity contribution in [2.24, 2.45) is 0 Å². The largest absolute Gasteiger partial charge is 0.491 e. The third kappa shape index (κ3) is 3.93. The summed E-state index contributed by atoms with van der Waals surface area (Å²) in [5.41, 5.74) is 0.468. The lowest BCUT2D eigenvalue weighted by molar-refractivity contribution is 0.102. The summed E-state index contributed by atoms with van der Waals surface area (Å²) in [4.78, 5) is 19.8. The van der Waals surface area contributed by atoms with Crippen molar-refractivity contribution in [3.8, 4) is 5.75 Å². The van der Waals surface area contributed by atoms with Crippen LogP contribution in [0.5, 0.6) is 5.75 Å². The fourth-order valence-electron chi connectivity index (χ4n) is 1.56. The van der Waals surface area contributed by atoms with Gasteiger partial charge < -0.3 is 4.74 Å². The lowest BCUT2D eigenvalue weighted by Crippen LogP contribution is -2.16. The van der Waals surface area contributed by atoms with E-state index in [-0.39, 0.29) is 5.91 Å². The fourth-order valence-corrected chi connectivity index (χ4v) is 2.29. The summed E-state index contributed by atoms with van der Waals surface area (Å²) in [6.45, 7) is 2.80. The highest BCUT2D eigenvalue weighted by molar-refractivity contribution is 7.15. The number of benzene rings is 1. The van der Waals surface area contributed by atoms with Gasteiger partial charge in [0.2, 0.25) is 0 Å². The number of anilines is 1. The Morgan fingerprint density at radius 2 is 2.25 bits per heavy atom. The fraction of sp³-hybridized carbons (Fsp3) is 0.231. The van der Waals surface area contributed by atoms with Crippen LogP contribution < -0.4 is 14.9 Å². The molecule has 2 N–H and O–H groups in total. The topological polar surface area (TPSA) is 63.2 Å². The number of thiazole rings is 1. The van der Waals surface area contributed by atoms with Gasteiger partial charge in [-0.3, -0.25) is 10.1 Å². The van der Waals surface area contributed by atoms with Crippen LogP contribution in [0.25, 0.3) is 0 Å². The number of ether oxygens (including phenoxy) is 1. The van der Waals surface area contributed by atoms with Crippen molar-refractivity contribution in [2.45, 2.75) is 6.92 Å². The molecular formula is C13H14ClN3O2S. The van der Waals surface area contributed by atoms with Gasteiger partial charge in [-0.15, -0.1) is 11.3 Å². The zero-order chi connectivity index (χ0) is 14.4. The van der Waals surface area contributed by atoms with Crippen LogP contribution in [0.15, 0.2) is 30.5 Å². The summed E-state index contributed by atoms with van der Waals surface area (Å²) >= 11 is 6.79. The molecule has 7 heteroatoms. The van der Waals surface area contributed by atoms with Crippen LogP contribution in [-0.4, -0.2) is 24.0 Å². The molecule has 1 heterocycles. The Labute approximate surface area is 126 Å². The number of carbonyl (C=O) groups excluding carboxylic acids is 1. The molecule has 0 aliphatic heterocycles. The molecule has 0 radical (unpaired) electrons. The van der Waals surface area contributed by atoms with Gasteiger partial charge in [-0.25, -0.2) is 9.82 Å². The molecule has 2 rings (SSSR count). The van der Waals surface area contributed by atoms with E-state index >= 15 is 0 Å². The summed E-state index contributed by atoms with van der Waals surface area (Å²) in [5.74, 6) is 0.277. The Hall–Kier alpha value is -1.63. The average molecular weight is 312 g/mol. The zero-order valence-corrected chi connectivity index (χ0v) is 12.4. The van der Waals surface area contributed by atoms with Gasteiger partial charge >= 0.3 is 0 Å². The first-order valence-corrected chi connectivity index (χ1v) is 7.19. The molecule has 1 aromatic carbocycles. The quantitative estimate of drug-likeness (QED) is 0.636. The molecule has 0 aliphatic carbocycles. The minimum Gasteiger partial charge on any atom is -0.491 e. The summed E-state index contributed by atoms with van der Waals surface area (Å²) in [7, 11) is 0. The standard InChI is InChI=1S/C13H14ClN3O2S/c1-9-8-15-13(20-9)17-12(18)10-4-2-3-5-11(10)19-7-6-16-14/h2-5,8,16H,6-7H2,1H3,(H,15,17,18). The number of aryl methyl sites for hydroxylation is 1. The van der Waals surface area contributed by atoms with Gasteiger partial charge in [0, 0.05) is 17.6 Å². The van der Waals surface area contributed by atoms with Crippen LogP contribution in [0.2, 0.25) is 0 Å². The van der Waals surface area contributed by atoms with Crippen molar-refractivity contribution < 1.29 is 9.53 Å². The van der Waals surface area contributed by atoms with Crippen LogP contribution in [0.1, 0.15) is 15.2 Å². The second-order valence-corrected chi connectivity index (χ2v) is 5.46. The highest BCUT2D eigenvalue weighted by Crippen LogP contribution is 2.21. The first-order chi connectivity index (χ1) is 9.70. The molecule has 0 spiro atoms. The lowest BCUT2D eigenvalue weighted by atomic mass is 10.2. The highest BCUT2D eigenvalue weighted by Gasteiger charge is 2.13. The summed E-state index contributed by atoms with van der Waals surface area (Å²) in [6, 6.07) is 7.05. The van der Waals surface area contributed by atoms with E-state index in [4.69, 9.17) is 16.5 Å². The van der Waals surface area contributed by atoms with Crippen LogP contribution in [0.4, 0.5) is 5.13 Å². The number of nitrogens with one attached hydrogen (secondary N) is 2. The maximum Gasteiger partial charge on any atom is 0.261 e. The highest BCUT2D eigenvalue weighted by atomic mass is 35.5. The monoisotopic (exact) mass is 311 g/mol. The van der Waals surface area contributed by atoms with E-state index in [9.17, 15) is 4.79 Å². The van der Waals surface area contributed by atoms with E-state index < -0.39 is 0 Å². The van der Waals surface area contributed by atoms with E-state index in [2.05, 4.69) is 15.1 Å². The first kappa shape index (κ1) is 14.8. The van der Waals surface area contributed by atoms with Crippen molar-refractivity contribution in [2.75, 3.05) is 18.5 Å². The maximum absolute atomic E-state index is 12.2. The Kier molecular flexibility index (Phi) is 5.34. The SMILES string of the molecule is Cc1cnc(NC(=O)c2ccccc2OCCNCl)s1. The Balaban J connectivity index is 2.08. The predicted molar refractivity (Wildman–Crippen MR) is 80.6 cm³/mol. The molecule has 0 saturated heterocycles. The van der Waals surface area contributed by atoms with Gasteiger partial charge in [0.15, 0.2) is 5.13 Å². The van der Waals surface area contributed by atoms with Crippen molar-refractivity contribution in [3.05, 3.63) is 40.9 Å². The van der Waals surface area contributed by atoms with E-state index in [1.807, 2.05) is 13.0 Å². The molecule has 5 nitrogen and oxygen atoms in total. The Morgan fingerprint density at radius 1 is 1.45 bits per heavy atom. The zero-order valence-electron chi connectivity index (χ0n) is 10.9. The number of carbonyl (C=O) groups is 1. The number of aromatic nitrogens is 1. The van der Waals surface area contributed by atoms with Gasteiger partial charge in [-0.05, 0) is 30.8 Å². The molecule has 0 saturated carbocycles. The van der Waals surface area contributed by atoms with E-state index in [1.165, 1.54) is 11.3 Å². The number of rotatable bonds is 6. The lowest BCUT2D eigenvalue weighted by Gasteiger charge is -2.10. The van der Waals surface area contributed by atoms with Crippen molar-refractivity contribution in [3.63, 3.8) is 0 Å². The maximum atomic E-state index is 12.2. The van der Waals surface area contributed by atoms with Gasteiger partial charge in [-0.1, -0.05) is 12.1 Å². The average Bonchev–Trinajstić information content (AvgIpc) is 2.85. The van der Waals surface area contributed by atoms with E-state index in [0.717, 1.165) is 4.88 Å². The second-order valence-electron chi connectivity index (χ2n) is 3.96. The number of halogens is 1. The van der Waals surface area contributed by atoms with Gasteiger partial charge in [0.1, 0.15) is 12.4 Å². The molecule has 1 amide bonds. The Bertz CT molecular complexity index is 589. The molecule has 20 heavy (non-hydrogen) atoms. The number of hydrogen-bond acceptors (Lipinski definition) is 5. The number of nitrogens with zero attached hydrogens (tertiary/aromatic N) is 1. The Morgan fingerprint density at radius 3 is 2.95 bits per heavy atom. The van der Waals surface area contributed by atoms with Crippen LogP contribution in [0, 0.1) is 6.92 Å². The molecule has 0 bridgehead atoms. The molecule has 0 fully saturated rings. The predicted octanol–water partition coefficient (Wildman–Crippen LogP) is 2.83. The second kappa shape index (κ2) is 7.23. The van der Waals surface area contributed by atoms with Crippen LogP contribution in [-0.2, 0) is 0 Å².